The molecule has 0 heterocycles. The first-order valence-electron chi connectivity index (χ1n) is 5.31. The fourth-order valence-corrected chi connectivity index (χ4v) is 2.30. The Hall–Kier alpha value is -1.67. The molecule has 0 aliphatic heterocycles. The van der Waals surface area contributed by atoms with Gasteiger partial charge in [0.1, 0.15) is 5.82 Å². The molecule has 0 saturated heterocycles. The van der Waals surface area contributed by atoms with E-state index in [-0.39, 0.29) is 17.4 Å². The summed E-state index contributed by atoms with van der Waals surface area (Å²) < 4.78 is 13.4. The van der Waals surface area contributed by atoms with Gasteiger partial charge < -0.3 is 10.2 Å². The normalized spacial score (nSPS) is 12.2. The van der Waals surface area contributed by atoms with Gasteiger partial charge in [-0.1, -0.05) is 6.92 Å². The topological polar surface area (TPSA) is 101 Å². The zero-order chi connectivity index (χ0) is 14.6. The maximum absolute atomic E-state index is 13.4. The van der Waals surface area contributed by atoms with Gasteiger partial charge in [0, 0.05) is 12.4 Å². The summed E-state index contributed by atoms with van der Waals surface area (Å²) in [7, 11) is 0. The Morgan fingerprint density at radius 2 is 2.21 bits per heavy atom. The molecule has 1 unspecified atom stereocenters. The van der Waals surface area contributed by atoms with Gasteiger partial charge in [-0.3, -0.25) is 10.1 Å². The standard InChI is InChI=1S/C11H12FNO5S/c1-6(4-14)5-19-10-2-7(11(15)16)8(12)3-9(10)13(17)18/h2-3,6,14H,4-5H2,1H3,(H,15,16). The van der Waals surface area contributed by atoms with Gasteiger partial charge in [-0.15, -0.1) is 11.8 Å². The Kier molecular flexibility index (Phi) is 5.25. The first-order valence-corrected chi connectivity index (χ1v) is 6.30. The van der Waals surface area contributed by atoms with E-state index in [2.05, 4.69) is 0 Å². The van der Waals surface area contributed by atoms with Crippen LogP contribution in [0.3, 0.4) is 0 Å². The lowest BCUT2D eigenvalue weighted by molar-refractivity contribution is -0.387. The SMILES string of the molecule is CC(CO)CSc1cc(C(=O)O)c(F)cc1[N+](=O)[O-]. The lowest BCUT2D eigenvalue weighted by Gasteiger charge is -2.08. The first-order chi connectivity index (χ1) is 8.86. The Morgan fingerprint density at radius 3 is 2.68 bits per heavy atom. The van der Waals surface area contributed by atoms with Crippen LogP contribution in [0.1, 0.15) is 17.3 Å². The number of benzene rings is 1. The van der Waals surface area contributed by atoms with E-state index in [4.69, 9.17) is 10.2 Å². The molecule has 0 aromatic heterocycles. The lowest BCUT2D eigenvalue weighted by Crippen LogP contribution is -2.06. The molecule has 1 atom stereocenters. The van der Waals surface area contributed by atoms with Gasteiger partial charge in [0.25, 0.3) is 5.69 Å². The van der Waals surface area contributed by atoms with E-state index in [1.54, 1.807) is 6.92 Å². The van der Waals surface area contributed by atoms with Gasteiger partial charge in [0.15, 0.2) is 0 Å². The highest BCUT2D eigenvalue weighted by Gasteiger charge is 2.22. The summed E-state index contributed by atoms with van der Waals surface area (Å²) in [5.74, 6) is -2.37. The lowest BCUT2D eigenvalue weighted by atomic mass is 10.2. The minimum atomic E-state index is -1.48. The van der Waals surface area contributed by atoms with Crippen LogP contribution in [0.25, 0.3) is 0 Å². The van der Waals surface area contributed by atoms with Crippen molar-refractivity contribution in [2.24, 2.45) is 5.92 Å². The van der Waals surface area contributed by atoms with E-state index in [1.807, 2.05) is 0 Å². The third-order valence-corrected chi connectivity index (χ3v) is 3.68. The molecule has 104 valence electrons. The number of aliphatic hydroxyl groups excluding tert-OH is 1. The molecule has 1 aromatic carbocycles. The summed E-state index contributed by atoms with van der Waals surface area (Å²) in [5, 5.41) is 28.5. The van der Waals surface area contributed by atoms with Gasteiger partial charge in [-0.25, -0.2) is 9.18 Å². The summed E-state index contributed by atoms with van der Waals surface area (Å²) in [6.07, 6.45) is 0. The number of aromatic carboxylic acids is 1. The van der Waals surface area contributed by atoms with Crippen LogP contribution in [0.4, 0.5) is 10.1 Å². The van der Waals surface area contributed by atoms with Gasteiger partial charge in [-0.05, 0) is 12.0 Å². The van der Waals surface area contributed by atoms with Crippen molar-refractivity contribution in [2.75, 3.05) is 12.4 Å². The number of carboxylic acids is 1. The quantitative estimate of drug-likeness (QED) is 0.473. The molecule has 19 heavy (non-hydrogen) atoms. The predicted octanol–water partition coefficient (Wildman–Crippen LogP) is 2.15. The van der Waals surface area contributed by atoms with E-state index in [1.165, 1.54) is 0 Å². The molecular formula is C11H12FNO5S. The van der Waals surface area contributed by atoms with Crippen LogP contribution < -0.4 is 0 Å². The summed E-state index contributed by atoms with van der Waals surface area (Å²) in [5.41, 5.74) is -1.08. The second-order valence-electron chi connectivity index (χ2n) is 3.96. The Morgan fingerprint density at radius 1 is 1.58 bits per heavy atom. The molecule has 0 aliphatic rings. The van der Waals surface area contributed by atoms with Crippen molar-refractivity contribution in [3.8, 4) is 0 Å². The number of halogens is 1. The summed E-state index contributed by atoms with van der Waals surface area (Å²) in [6.45, 7) is 1.65. The Labute approximate surface area is 112 Å². The van der Waals surface area contributed by atoms with Crippen molar-refractivity contribution in [2.45, 2.75) is 11.8 Å². The Balaban J connectivity index is 3.14. The predicted molar refractivity (Wildman–Crippen MR) is 67.0 cm³/mol. The number of rotatable bonds is 6. The van der Waals surface area contributed by atoms with Crippen molar-refractivity contribution in [1.29, 1.82) is 0 Å². The third kappa shape index (κ3) is 3.90. The number of carbonyl (C=O) groups is 1. The zero-order valence-corrected chi connectivity index (χ0v) is 10.8. The Bertz CT molecular complexity index is 508. The summed E-state index contributed by atoms with van der Waals surface area (Å²) >= 11 is 1.02. The smallest absolute Gasteiger partial charge is 0.338 e. The maximum Gasteiger partial charge on any atom is 0.338 e. The second kappa shape index (κ2) is 6.48. The highest BCUT2D eigenvalue weighted by atomic mass is 32.2. The van der Waals surface area contributed by atoms with Crippen LogP contribution in [-0.2, 0) is 0 Å². The highest BCUT2D eigenvalue weighted by molar-refractivity contribution is 7.99. The number of aliphatic hydroxyl groups is 1. The van der Waals surface area contributed by atoms with Gasteiger partial charge in [-0.2, -0.15) is 0 Å². The summed E-state index contributed by atoms with van der Waals surface area (Å²) in [4.78, 5) is 20.9. The van der Waals surface area contributed by atoms with Gasteiger partial charge in [0.2, 0.25) is 0 Å². The van der Waals surface area contributed by atoms with Crippen LogP contribution in [0.15, 0.2) is 17.0 Å². The molecule has 1 rings (SSSR count). The molecule has 0 aliphatic carbocycles. The van der Waals surface area contributed by atoms with Crippen LogP contribution in [0, 0.1) is 21.8 Å². The molecule has 0 amide bonds. The second-order valence-corrected chi connectivity index (χ2v) is 5.02. The first kappa shape index (κ1) is 15.4. The zero-order valence-electron chi connectivity index (χ0n) is 10.00. The van der Waals surface area contributed by atoms with Crippen molar-refractivity contribution < 1.29 is 24.3 Å². The van der Waals surface area contributed by atoms with Crippen LogP contribution in [0.2, 0.25) is 0 Å². The minimum Gasteiger partial charge on any atom is -0.478 e. The summed E-state index contributed by atoms with van der Waals surface area (Å²) in [6, 6.07) is 1.56. The molecular weight excluding hydrogens is 277 g/mol. The number of nitrogens with zero attached hydrogens (tertiary/aromatic N) is 1. The molecule has 0 bridgehead atoms. The third-order valence-electron chi connectivity index (χ3n) is 2.31. The molecule has 0 spiro atoms. The minimum absolute atomic E-state index is 0.0732. The highest BCUT2D eigenvalue weighted by Crippen LogP contribution is 2.32. The molecule has 0 saturated carbocycles. The van der Waals surface area contributed by atoms with Crippen molar-refractivity contribution >= 4 is 23.4 Å². The van der Waals surface area contributed by atoms with E-state index in [0.29, 0.717) is 11.8 Å². The number of thioether (sulfide) groups is 1. The van der Waals surface area contributed by atoms with Crippen molar-refractivity contribution in [1.82, 2.24) is 0 Å². The average Bonchev–Trinajstić information content (AvgIpc) is 2.35. The largest absolute Gasteiger partial charge is 0.478 e. The molecule has 0 radical (unpaired) electrons. The van der Waals surface area contributed by atoms with Gasteiger partial charge in [0.05, 0.1) is 21.4 Å². The van der Waals surface area contributed by atoms with Crippen LogP contribution in [0.5, 0.6) is 0 Å². The molecule has 1 aromatic rings. The van der Waals surface area contributed by atoms with Gasteiger partial charge >= 0.3 is 5.97 Å². The molecule has 6 nitrogen and oxygen atoms in total. The number of hydrogen-bond donors (Lipinski definition) is 2. The number of carboxylic acid groups (broad SMARTS) is 1. The van der Waals surface area contributed by atoms with Crippen LogP contribution >= 0.6 is 11.8 Å². The monoisotopic (exact) mass is 289 g/mol. The average molecular weight is 289 g/mol. The van der Waals surface area contributed by atoms with E-state index in [9.17, 15) is 19.3 Å². The van der Waals surface area contributed by atoms with E-state index < -0.39 is 28.0 Å². The van der Waals surface area contributed by atoms with Crippen molar-refractivity contribution in [3.63, 3.8) is 0 Å². The maximum atomic E-state index is 13.4. The number of hydrogen-bond acceptors (Lipinski definition) is 5. The van der Waals surface area contributed by atoms with Crippen molar-refractivity contribution in [3.05, 3.63) is 33.6 Å². The number of nitro groups is 1. The van der Waals surface area contributed by atoms with Crippen LogP contribution in [-0.4, -0.2) is 33.5 Å². The molecule has 8 heteroatoms. The fourth-order valence-electron chi connectivity index (χ4n) is 1.25. The van der Waals surface area contributed by atoms with E-state index >= 15 is 0 Å². The van der Waals surface area contributed by atoms with E-state index in [0.717, 1.165) is 17.8 Å². The fraction of sp³-hybridized carbons (Fsp3) is 0.364. The molecule has 2 N–H and O–H groups in total. The number of nitro benzene ring substituents is 1. The molecule has 0 fully saturated rings.